The minimum atomic E-state index is -0.450. The Morgan fingerprint density at radius 1 is 1.14 bits per heavy atom. The Kier molecular flexibility index (Phi) is 6.16. The first-order valence-corrected chi connectivity index (χ1v) is 8.46. The first kappa shape index (κ1) is 16.7. The van der Waals surface area contributed by atoms with E-state index in [9.17, 15) is 4.79 Å². The van der Waals surface area contributed by atoms with Gasteiger partial charge in [0.1, 0.15) is 6.10 Å². The monoisotopic (exact) mass is 317 g/mol. The summed E-state index contributed by atoms with van der Waals surface area (Å²) in [6.07, 6.45) is -0.450. The third kappa shape index (κ3) is 4.68. The molecule has 0 radical (unpaired) electrons. The molecule has 3 nitrogen and oxygen atoms in total. The lowest BCUT2D eigenvalue weighted by Gasteiger charge is -2.21. The maximum Gasteiger partial charge on any atom is 0.249 e. The van der Waals surface area contributed by atoms with Crippen molar-refractivity contribution in [1.82, 2.24) is 5.32 Å². The highest BCUT2D eigenvalue weighted by molar-refractivity contribution is 7.10. The van der Waals surface area contributed by atoms with Crippen LogP contribution in [0.3, 0.4) is 0 Å². The molecule has 0 fully saturated rings. The summed E-state index contributed by atoms with van der Waals surface area (Å²) < 4.78 is 5.61. The van der Waals surface area contributed by atoms with Crippen molar-refractivity contribution in [2.24, 2.45) is 5.92 Å². The predicted molar refractivity (Wildman–Crippen MR) is 91.0 cm³/mol. The van der Waals surface area contributed by atoms with Gasteiger partial charge < -0.3 is 10.1 Å². The van der Waals surface area contributed by atoms with Crippen molar-refractivity contribution in [1.29, 1.82) is 0 Å². The van der Waals surface area contributed by atoms with Crippen LogP contribution >= 0.6 is 11.3 Å². The van der Waals surface area contributed by atoms with E-state index in [1.807, 2.05) is 47.8 Å². The zero-order chi connectivity index (χ0) is 15.9. The number of carbonyl (C=O) groups is 1. The standard InChI is InChI=1S/C18H23NO2S/c1-13(2)12-21-14(3)18(20)19-17(16-10-7-11-22-16)15-8-5-4-6-9-15/h4-11,13-14,17H,12H2,1-3H3,(H,19,20)/t14-,17+/m1/s1. The van der Waals surface area contributed by atoms with Gasteiger partial charge in [0.2, 0.25) is 5.91 Å². The van der Waals surface area contributed by atoms with Gasteiger partial charge in [-0.1, -0.05) is 50.2 Å². The van der Waals surface area contributed by atoms with E-state index >= 15 is 0 Å². The smallest absolute Gasteiger partial charge is 0.249 e. The molecule has 1 aromatic carbocycles. The van der Waals surface area contributed by atoms with Gasteiger partial charge in [-0.3, -0.25) is 4.79 Å². The van der Waals surface area contributed by atoms with Crippen LogP contribution in [-0.2, 0) is 9.53 Å². The van der Waals surface area contributed by atoms with Crippen LogP contribution in [0.4, 0.5) is 0 Å². The molecule has 0 saturated carbocycles. The van der Waals surface area contributed by atoms with Crippen molar-refractivity contribution < 1.29 is 9.53 Å². The van der Waals surface area contributed by atoms with E-state index in [0.29, 0.717) is 12.5 Å². The Balaban J connectivity index is 2.09. The Labute approximate surface area is 136 Å². The Morgan fingerprint density at radius 2 is 1.86 bits per heavy atom. The number of benzene rings is 1. The number of ether oxygens (including phenoxy) is 1. The molecular formula is C18H23NO2S. The van der Waals surface area contributed by atoms with Gasteiger partial charge in [0.15, 0.2) is 0 Å². The van der Waals surface area contributed by atoms with Gasteiger partial charge in [0.25, 0.3) is 0 Å². The first-order valence-electron chi connectivity index (χ1n) is 7.58. The maximum atomic E-state index is 12.4. The van der Waals surface area contributed by atoms with E-state index in [0.717, 1.165) is 10.4 Å². The molecule has 4 heteroatoms. The van der Waals surface area contributed by atoms with Gasteiger partial charge in [-0.2, -0.15) is 0 Å². The van der Waals surface area contributed by atoms with Gasteiger partial charge in [-0.25, -0.2) is 0 Å². The molecule has 0 aliphatic rings. The molecule has 22 heavy (non-hydrogen) atoms. The van der Waals surface area contributed by atoms with Crippen molar-refractivity contribution >= 4 is 17.2 Å². The van der Waals surface area contributed by atoms with Gasteiger partial charge in [0, 0.05) is 11.5 Å². The molecule has 118 valence electrons. The third-order valence-electron chi connectivity index (χ3n) is 3.30. The van der Waals surface area contributed by atoms with Crippen LogP contribution in [-0.4, -0.2) is 18.6 Å². The number of amides is 1. The van der Waals surface area contributed by atoms with Gasteiger partial charge in [-0.15, -0.1) is 11.3 Å². The highest BCUT2D eigenvalue weighted by Crippen LogP contribution is 2.26. The number of nitrogens with one attached hydrogen (secondary N) is 1. The largest absolute Gasteiger partial charge is 0.368 e. The van der Waals surface area contributed by atoms with E-state index in [4.69, 9.17) is 4.74 Å². The van der Waals surface area contributed by atoms with Crippen molar-refractivity contribution in [3.63, 3.8) is 0 Å². The minimum absolute atomic E-state index is 0.0806. The fourth-order valence-corrected chi connectivity index (χ4v) is 2.89. The SMILES string of the molecule is CC(C)CO[C@H](C)C(=O)N[C@@H](c1ccccc1)c1cccs1. The second-order valence-corrected chi connectivity index (χ2v) is 6.72. The Morgan fingerprint density at radius 3 is 2.45 bits per heavy atom. The second-order valence-electron chi connectivity index (χ2n) is 5.74. The number of carbonyl (C=O) groups excluding carboxylic acids is 1. The molecular weight excluding hydrogens is 294 g/mol. The minimum Gasteiger partial charge on any atom is -0.368 e. The van der Waals surface area contributed by atoms with Gasteiger partial charge >= 0.3 is 0 Å². The van der Waals surface area contributed by atoms with Crippen molar-refractivity contribution in [2.75, 3.05) is 6.61 Å². The van der Waals surface area contributed by atoms with Crippen molar-refractivity contribution in [3.05, 3.63) is 58.3 Å². The summed E-state index contributed by atoms with van der Waals surface area (Å²) in [5, 5.41) is 5.13. The highest BCUT2D eigenvalue weighted by Gasteiger charge is 2.21. The van der Waals surface area contributed by atoms with E-state index in [2.05, 4.69) is 19.2 Å². The number of rotatable bonds is 7. The van der Waals surface area contributed by atoms with Crippen LogP contribution in [0, 0.1) is 5.92 Å². The quantitative estimate of drug-likeness (QED) is 0.838. The Bertz CT molecular complexity index is 566. The average Bonchev–Trinajstić information content (AvgIpc) is 3.04. The zero-order valence-corrected chi connectivity index (χ0v) is 14.1. The summed E-state index contributed by atoms with van der Waals surface area (Å²) in [5.41, 5.74) is 1.08. The average molecular weight is 317 g/mol. The first-order chi connectivity index (χ1) is 10.6. The number of hydrogen-bond acceptors (Lipinski definition) is 3. The van der Waals surface area contributed by atoms with E-state index < -0.39 is 6.10 Å². The molecule has 1 aromatic heterocycles. The number of hydrogen-bond donors (Lipinski definition) is 1. The molecule has 0 unspecified atom stereocenters. The maximum absolute atomic E-state index is 12.4. The van der Waals surface area contributed by atoms with Gasteiger partial charge in [-0.05, 0) is 29.9 Å². The molecule has 1 amide bonds. The summed E-state index contributed by atoms with van der Waals surface area (Å²) in [7, 11) is 0. The predicted octanol–water partition coefficient (Wildman–Crippen LogP) is 4.01. The summed E-state index contributed by atoms with van der Waals surface area (Å²) in [4.78, 5) is 13.5. The molecule has 2 atom stereocenters. The highest BCUT2D eigenvalue weighted by atomic mass is 32.1. The lowest BCUT2D eigenvalue weighted by molar-refractivity contribution is -0.132. The van der Waals surface area contributed by atoms with Crippen LogP contribution < -0.4 is 5.32 Å². The molecule has 0 bridgehead atoms. The topological polar surface area (TPSA) is 38.3 Å². The van der Waals surface area contributed by atoms with Crippen LogP contribution in [0.5, 0.6) is 0 Å². The third-order valence-corrected chi connectivity index (χ3v) is 4.23. The zero-order valence-electron chi connectivity index (χ0n) is 13.3. The van der Waals surface area contributed by atoms with E-state index in [-0.39, 0.29) is 11.9 Å². The normalized spacial score (nSPS) is 13.8. The molecule has 2 rings (SSSR count). The summed E-state index contributed by atoms with van der Waals surface area (Å²) >= 11 is 1.64. The molecule has 0 aliphatic carbocycles. The Hall–Kier alpha value is -1.65. The van der Waals surface area contributed by atoms with E-state index in [1.165, 1.54) is 0 Å². The molecule has 1 N–H and O–H groups in total. The summed E-state index contributed by atoms with van der Waals surface area (Å²) in [5.74, 6) is 0.334. The molecule has 0 saturated heterocycles. The fourth-order valence-electron chi connectivity index (χ4n) is 2.09. The summed E-state index contributed by atoms with van der Waals surface area (Å²) in [6, 6.07) is 13.9. The van der Waals surface area contributed by atoms with Gasteiger partial charge in [0.05, 0.1) is 6.04 Å². The molecule has 1 heterocycles. The van der Waals surface area contributed by atoms with Crippen LogP contribution in [0.25, 0.3) is 0 Å². The number of thiophene rings is 1. The molecule has 0 spiro atoms. The van der Waals surface area contributed by atoms with Crippen LogP contribution in [0.15, 0.2) is 47.8 Å². The molecule has 2 aromatic rings. The van der Waals surface area contributed by atoms with Crippen LogP contribution in [0.2, 0.25) is 0 Å². The lowest BCUT2D eigenvalue weighted by Crippen LogP contribution is -2.37. The van der Waals surface area contributed by atoms with E-state index in [1.54, 1.807) is 18.3 Å². The summed E-state index contributed by atoms with van der Waals surface area (Å²) in [6.45, 7) is 6.53. The van der Waals surface area contributed by atoms with Crippen molar-refractivity contribution in [2.45, 2.75) is 32.9 Å². The van der Waals surface area contributed by atoms with Crippen LogP contribution in [0.1, 0.15) is 37.3 Å². The molecule has 0 aliphatic heterocycles. The second kappa shape index (κ2) is 8.11. The lowest BCUT2D eigenvalue weighted by atomic mass is 10.1. The van der Waals surface area contributed by atoms with Crippen molar-refractivity contribution in [3.8, 4) is 0 Å². The fraction of sp³-hybridized carbons (Fsp3) is 0.389.